The highest BCUT2D eigenvalue weighted by Gasteiger charge is 2.14. The monoisotopic (exact) mass is 279 g/mol. The van der Waals surface area contributed by atoms with Crippen LogP contribution in [-0.2, 0) is 6.42 Å². The fraction of sp³-hybridized carbons (Fsp3) is 0.176. The van der Waals surface area contributed by atoms with Crippen molar-refractivity contribution in [2.45, 2.75) is 12.5 Å². The number of aromatic nitrogens is 2. The molecule has 1 aromatic carbocycles. The van der Waals surface area contributed by atoms with Gasteiger partial charge in [-0.3, -0.25) is 4.98 Å². The van der Waals surface area contributed by atoms with E-state index in [-0.39, 0.29) is 6.04 Å². The van der Waals surface area contributed by atoms with Gasteiger partial charge in [-0.05, 0) is 18.2 Å². The summed E-state index contributed by atoms with van der Waals surface area (Å²) in [6.45, 7) is 0. The molecule has 0 saturated carbocycles. The van der Waals surface area contributed by atoms with Crippen molar-refractivity contribution in [3.05, 3.63) is 66.0 Å². The third kappa shape index (κ3) is 2.85. The molecule has 1 unspecified atom stereocenters. The molecule has 4 nitrogen and oxygen atoms in total. The van der Waals surface area contributed by atoms with Crippen molar-refractivity contribution in [1.29, 1.82) is 0 Å². The Hall–Kier alpha value is -2.46. The molecule has 0 radical (unpaired) electrons. The van der Waals surface area contributed by atoms with E-state index in [2.05, 4.69) is 22.1 Å². The highest BCUT2D eigenvalue weighted by atomic mass is 16.5. The lowest BCUT2D eigenvalue weighted by Gasteiger charge is -2.14. The van der Waals surface area contributed by atoms with Gasteiger partial charge in [-0.1, -0.05) is 30.3 Å². The van der Waals surface area contributed by atoms with Crippen molar-refractivity contribution >= 4 is 10.9 Å². The molecular formula is C17H17N3O. The third-order valence-electron chi connectivity index (χ3n) is 3.48. The maximum Gasteiger partial charge on any atom is 0.217 e. The summed E-state index contributed by atoms with van der Waals surface area (Å²) >= 11 is 0. The number of ether oxygens (including phenoxy) is 1. The highest BCUT2D eigenvalue weighted by Crippen LogP contribution is 2.23. The number of hydrogen-bond donors (Lipinski definition) is 1. The molecule has 0 amide bonds. The van der Waals surface area contributed by atoms with Gasteiger partial charge in [0.15, 0.2) is 0 Å². The van der Waals surface area contributed by atoms with Crippen LogP contribution < -0.4 is 10.5 Å². The molecule has 1 atom stereocenters. The van der Waals surface area contributed by atoms with E-state index >= 15 is 0 Å². The van der Waals surface area contributed by atoms with Crippen molar-refractivity contribution in [3.63, 3.8) is 0 Å². The van der Waals surface area contributed by atoms with E-state index in [0.717, 1.165) is 22.2 Å². The fourth-order valence-electron chi connectivity index (χ4n) is 2.41. The average Bonchev–Trinajstić information content (AvgIpc) is 2.54. The predicted octanol–water partition coefficient (Wildman–Crippen LogP) is 2.88. The van der Waals surface area contributed by atoms with Crippen LogP contribution in [0.3, 0.4) is 0 Å². The summed E-state index contributed by atoms with van der Waals surface area (Å²) in [5.41, 5.74) is 9.14. The Morgan fingerprint density at radius 1 is 1.10 bits per heavy atom. The van der Waals surface area contributed by atoms with Crippen molar-refractivity contribution in [3.8, 4) is 5.88 Å². The summed E-state index contributed by atoms with van der Waals surface area (Å²) < 4.78 is 5.26. The molecule has 0 saturated heterocycles. The zero-order valence-corrected chi connectivity index (χ0v) is 11.9. The first-order valence-corrected chi connectivity index (χ1v) is 6.87. The molecule has 4 heteroatoms. The van der Waals surface area contributed by atoms with Crippen LogP contribution in [0, 0.1) is 0 Å². The molecule has 0 fully saturated rings. The Morgan fingerprint density at radius 3 is 2.81 bits per heavy atom. The Balaban J connectivity index is 1.87. The molecular weight excluding hydrogens is 262 g/mol. The van der Waals surface area contributed by atoms with Crippen LogP contribution >= 0.6 is 0 Å². The van der Waals surface area contributed by atoms with Gasteiger partial charge in [0.05, 0.1) is 12.6 Å². The minimum Gasteiger partial charge on any atom is -0.481 e. The van der Waals surface area contributed by atoms with Crippen molar-refractivity contribution in [1.82, 2.24) is 9.97 Å². The second kappa shape index (κ2) is 5.89. The number of nitrogens with zero attached hydrogens (tertiary/aromatic N) is 2. The minimum atomic E-state index is -0.192. The Bertz CT molecular complexity index is 758. The van der Waals surface area contributed by atoms with Gasteiger partial charge in [-0.15, -0.1) is 0 Å². The van der Waals surface area contributed by atoms with Crippen LogP contribution in [0.15, 0.2) is 54.7 Å². The molecule has 106 valence electrons. The average molecular weight is 279 g/mol. The Kier molecular flexibility index (Phi) is 3.79. The summed E-state index contributed by atoms with van der Waals surface area (Å²) in [6.07, 6.45) is 2.34. The van der Waals surface area contributed by atoms with Gasteiger partial charge in [-0.2, -0.15) is 0 Å². The maximum absolute atomic E-state index is 6.29. The summed E-state index contributed by atoms with van der Waals surface area (Å²) in [6, 6.07) is 15.8. The fourth-order valence-corrected chi connectivity index (χ4v) is 2.41. The van der Waals surface area contributed by atoms with Gasteiger partial charge in [0.1, 0.15) is 0 Å². The van der Waals surface area contributed by atoms with Gasteiger partial charge in [0.25, 0.3) is 0 Å². The Morgan fingerprint density at radius 2 is 1.95 bits per heavy atom. The largest absolute Gasteiger partial charge is 0.481 e. The van der Waals surface area contributed by atoms with E-state index in [9.17, 15) is 0 Å². The zero-order chi connectivity index (χ0) is 14.7. The molecule has 0 bridgehead atoms. The standard InChI is InChI=1S/C17H17N3O/c1-21-17-14(6-4-10-19-17)15(18)11-13-9-8-12-5-2-3-7-16(12)20-13/h2-10,15H,11,18H2,1H3. The summed E-state index contributed by atoms with van der Waals surface area (Å²) in [7, 11) is 1.60. The van der Waals surface area contributed by atoms with E-state index in [1.165, 1.54) is 0 Å². The third-order valence-corrected chi connectivity index (χ3v) is 3.48. The van der Waals surface area contributed by atoms with E-state index in [1.54, 1.807) is 13.3 Å². The van der Waals surface area contributed by atoms with Crippen molar-refractivity contribution in [2.75, 3.05) is 7.11 Å². The molecule has 2 N–H and O–H groups in total. The molecule has 3 aromatic rings. The number of hydrogen-bond acceptors (Lipinski definition) is 4. The number of nitrogens with two attached hydrogens (primary N) is 1. The van der Waals surface area contributed by atoms with Gasteiger partial charge in [0.2, 0.25) is 5.88 Å². The first-order chi connectivity index (χ1) is 10.3. The first-order valence-electron chi connectivity index (χ1n) is 6.87. The number of methoxy groups -OCH3 is 1. The normalized spacial score (nSPS) is 12.3. The number of rotatable bonds is 4. The molecule has 2 heterocycles. The number of pyridine rings is 2. The summed E-state index contributed by atoms with van der Waals surface area (Å²) in [5, 5.41) is 1.13. The van der Waals surface area contributed by atoms with Crippen LogP contribution in [-0.4, -0.2) is 17.1 Å². The smallest absolute Gasteiger partial charge is 0.217 e. The molecule has 0 spiro atoms. The lowest BCUT2D eigenvalue weighted by Crippen LogP contribution is -2.15. The van der Waals surface area contributed by atoms with Gasteiger partial charge >= 0.3 is 0 Å². The van der Waals surface area contributed by atoms with E-state index in [0.29, 0.717) is 12.3 Å². The van der Waals surface area contributed by atoms with E-state index in [4.69, 9.17) is 10.5 Å². The first kappa shape index (κ1) is 13.5. The molecule has 0 aliphatic rings. The van der Waals surface area contributed by atoms with Crippen LogP contribution in [0.5, 0.6) is 5.88 Å². The van der Waals surface area contributed by atoms with Crippen molar-refractivity contribution < 1.29 is 4.74 Å². The van der Waals surface area contributed by atoms with Crippen molar-refractivity contribution in [2.24, 2.45) is 5.73 Å². The highest BCUT2D eigenvalue weighted by molar-refractivity contribution is 5.78. The molecule has 0 aliphatic carbocycles. The summed E-state index contributed by atoms with van der Waals surface area (Å²) in [5.74, 6) is 0.575. The maximum atomic E-state index is 6.29. The lowest BCUT2D eigenvalue weighted by atomic mass is 10.0. The quantitative estimate of drug-likeness (QED) is 0.797. The SMILES string of the molecule is COc1ncccc1C(N)Cc1ccc2ccccc2n1. The number of para-hydroxylation sites is 1. The second-order valence-electron chi connectivity index (χ2n) is 4.91. The van der Waals surface area contributed by atoms with Gasteiger partial charge in [-0.25, -0.2) is 4.98 Å². The van der Waals surface area contributed by atoms with Crippen LogP contribution in [0.25, 0.3) is 10.9 Å². The topological polar surface area (TPSA) is 61.0 Å². The Labute approximate surface area is 123 Å². The molecule has 0 aliphatic heterocycles. The number of benzene rings is 1. The lowest BCUT2D eigenvalue weighted by molar-refractivity contribution is 0.388. The van der Waals surface area contributed by atoms with Crippen LogP contribution in [0.1, 0.15) is 17.3 Å². The van der Waals surface area contributed by atoms with Gasteiger partial charge < -0.3 is 10.5 Å². The second-order valence-corrected chi connectivity index (χ2v) is 4.91. The predicted molar refractivity (Wildman–Crippen MR) is 83.2 cm³/mol. The zero-order valence-electron chi connectivity index (χ0n) is 11.9. The molecule has 2 aromatic heterocycles. The van der Waals surface area contributed by atoms with Crippen LogP contribution in [0.2, 0.25) is 0 Å². The molecule has 3 rings (SSSR count). The molecule has 21 heavy (non-hydrogen) atoms. The summed E-state index contributed by atoms with van der Waals surface area (Å²) in [4.78, 5) is 8.84. The van der Waals surface area contributed by atoms with Crippen LogP contribution in [0.4, 0.5) is 0 Å². The van der Waals surface area contributed by atoms with E-state index in [1.807, 2.05) is 36.4 Å². The minimum absolute atomic E-state index is 0.192. The number of fused-ring (bicyclic) bond motifs is 1. The van der Waals surface area contributed by atoms with Gasteiger partial charge in [0, 0.05) is 35.3 Å². The van der Waals surface area contributed by atoms with E-state index < -0.39 is 0 Å².